The van der Waals surface area contributed by atoms with Gasteiger partial charge in [-0.1, -0.05) is 34.8 Å². The average molecular weight is 437 g/mol. The van der Waals surface area contributed by atoms with Crippen molar-refractivity contribution in [1.82, 2.24) is 19.7 Å². The van der Waals surface area contributed by atoms with E-state index in [2.05, 4.69) is 20.1 Å². The van der Waals surface area contributed by atoms with Crippen LogP contribution in [-0.2, 0) is 0 Å². The summed E-state index contributed by atoms with van der Waals surface area (Å²) in [6.07, 6.45) is 1.45. The first-order valence-corrected chi connectivity index (χ1v) is 9.19. The zero-order chi connectivity index (χ0) is 20.0. The highest BCUT2D eigenvalue weighted by molar-refractivity contribution is 6.40. The molecule has 3 N–H and O–H groups in total. The molecule has 2 aromatic carbocycles. The Balaban J connectivity index is 1.76. The number of imidazole rings is 1. The lowest BCUT2D eigenvalue weighted by Crippen LogP contribution is -2.18. The SMILES string of the molecule is Cc1[nH]n(-c2c(Cl)cc(Cl)cc2Cl)c(=O)c1C=Nc1ccc2[nH]c(=O)[nH]c2c1. The molecule has 2 aromatic heterocycles. The van der Waals surface area contributed by atoms with Crippen LogP contribution in [0.1, 0.15) is 11.3 Å². The first-order chi connectivity index (χ1) is 13.3. The summed E-state index contributed by atoms with van der Waals surface area (Å²) < 4.78 is 1.25. The molecule has 0 amide bonds. The minimum atomic E-state index is -0.358. The van der Waals surface area contributed by atoms with E-state index in [9.17, 15) is 9.59 Å². The van der Waals surface area contributed by atoms with Crippen molar-refractivity contribution in [3.05, 3.63) is 77.5 Å². The van der Waals surface area contributed by atoms with Crippen molar-refractivity contribution in [2.24, 2.45) is 4.99 Å². The van der Waals surface area contributed by atoms with Crippen LogP contribution in [0.2, 0.25) is 15.1 Å². The molecule has 2 heterocycles. The number of aliphatic imine (C=N–C) groups is 1. The number of halogens is 3. The van der Waals surface area contributed by atoms with Crippen LogP contribution in [0.5, 0.6) is 0 Å². The molecule has 10 heteroatoms. The van der Waals surface area contributed by atoms with E-state index in [4.69, 9.17) is 34.8 Å². The first kappa shape index (κ1) is 18.6. The Morgan fingerprint density at radius 2 is 1.68 bits per heavy atom. The van der Waals surface area contributed by atoms with E-state index in [0.29, 0.717) is 38.7 Å². The normalized spacial score (nSPS) is 11.7. The number of benzene rings is 2. The third-order valence-corrected chi connectivity index (χ3v) is 4.96. The van der Waals surface area contributed by atoms with Crippen LogP contribution in [0.3, 0.4) is 0 Å². The van der Waals surface area contributed by atoms with E-state index < -0.39 is 0 Å². The molecule has 0 bridgehead atoms. The molecule has 0 aliphatic heterocycles. The van der Waals surface area contributed by atoms with Gasteiger partial charge in [-0.15, -0.1) is 0 Å². The molecule has 0 aliphatic rings. The van der Waals surface area contributed by atoms with Crippen LogP contribution in [0.4, 0.5) is 5.69 Å². The van der Waals surface area contributed by atoms with Crippen LogP contribution in [-0.4, -0.2) is 26.0 Å². The third kappa shape index (κ3) is 3.28. The molecule has 0 spiro atoms. The van der Waals surface area contributed by atoms with Gasteiger partial charge >= 0.3 is 5.69 Å². The van der Waals surface area contributed by atoms with E-state index in [1.165, 1.54) is 23.0 Å². The van der Waals surface area contributed by atoms with Gasteiger partial charge in [-0.2, -0.15) is 0 Å². The summed E-state index contributed by atoms with van der Waals surface area (Å²) in [6, 6.07) is 8.18. The number of aromatic amines is 3. The predicted molar refractivity (Wildman–Crippen MR) is 112 cm³/mol. The van der Waals surface area contributed by atoms with E-state index >= 15 is 0 Å². The highest BCUT2D eigenvalue weighted by atomic mass is 35.5. The van der Waals surface area contributed by atoms with Crippen LogP contribution in [0.15, 0.2) is 44.9 Å². The second kappa shape index (κ2) is 7.01. The highest BCUT2D eigenvalue weighted by Gasteiger charge is 2.16. The average Bonchev–Trinajstić information content (AvgIpc) is 3.11. The summed E-state index contributed by atoms with van der Waals surface area (Å²) in [5.74, 6) is 0. The van der Waals surface area contributed by atoms with Gasteiger partial charge in [0.1, 0.15) is 5.69 Å². The zero-order valence-electron chi connectivity index (χ0n) is 14.3. The second-order valence-corrected chi connectivity index (χ2v) is 7.33. The fourth-order valence-electron chi connectivity index (χ4n) is 2.86. The number of hydrogen-bond acceptors (Lipinski definition) is 3. The van der Waals surface area contributed by atoms with Gasteiger partial charge in [0.25, 0.3) is 5.56 Å². The molecule has 0 saturated carbocycles. The van der Waals surface area contributed by atoms with E-state index in [1.807, 2.05) is 0 Å². The quantitative estimate of drug-likeness (QED) is 0.416. The number of aryl methyl sites for hydroxylation is 1. The Hall–Kier alpha value is -2.74. The lowest BCUT2D eigenvalue weighted by Gasteiger charge is -2.07. The van der Waals surface area contributed by atoms with E-state index in [-0.39, 0.29) is 21.3 Å². The second-order valence-electron chi connectivity index (χ2n) is 6.08. The number of hydrogen-bond donors (Lipinski definition) is 3. The fraction of sp³-hybridized carbons (Fsp3) is 0.0556. The predicted octanol–water partition coefficient (Wildman–Crippen LogP) is 4.35. The van der Waals surface area contributed by atoms with E-state index in [0.717, 1.165) is 0 Å². The van der Waals surface area contributed by atoms with Crippen molar-refractivity contribution >= 4 is 57.7 Å². The topological polar surface area (TPSA) is 98.8 Å². The minimum absolute atomic E-state index is 0.242. The summed E-state index contributed by atoms with van der Waals surface area (Å²) >= 11 is 18.4. The summed E-state index contributed by atoms with van der Waals surface area (Å²) in [5.41, 5.74) is 2.49. The molecule has 0 fully saturated rings. The molecule has 0 unspecified atom stereocenters. The van der Waals surface area contributed by atoms with Gasteiger partial charge in [0, 0.05) is 16.9 Å². The highest BCUT2D eigenvalue weighted by Crippen LogP contribution is 2.31. The zero-order valence-corrected chi connectivity index (χ0v) is 16.6. The van der Waals surface area contributed by atoms with Gasteiger partial charge in [-0.3, -0.25) is 14.9 Å². The lowest BCUT2D eigenvalue weighted by molar-refractivity contribution is 0.835. The summed E-state index contributed by atoms with van der Waals surface area (Å²) in [5, 5.41) is 3.80. The summed E-state index contributed by atoms with van der Waals surface area (Å²) in [4.78, 5) is 33.9. The summed E-state index contributed by atoms with van der Waals surface area (Å²) in [7, 11) is 0. The molecule has 4 aromatic rings. The summed E-state index contributed by atoms with van der Waals surface area (Å²) in [6.45, 7) is 1.74. The van der Waals surface area contributed by atoms with Gasteiger partial charge in [0.15, 0.2) is 0 Å². The monoisotopic (exact) mass is 435 g/mol. The van der Waals surface area contributed by atoms with Crippen molar-refractivity contribution in [3.63, 3.8) is 0 Å². The largest absolute Gasteiger partial charge is 0.323 e. The Labute approximate surface area is 172 Å². The van der Waals surface area contributed by atoms with Crippen LogP contribution >= 0.6 is 34.8 Å². The fourth-order valence-corrected chi connectivity index (χ4v) is 3.84. The van der Waals surface area contributed by atoms with E-state index in [1.54, 1.807) is 25.1 Å². The smallest absolute Gasteiger partial charge is 0.306 e. The molecule has 0 radical (unpaired) electrons. The van der Waals surface area contributed by atoms with Crippen molar-refractivity contribution < 1.29 is 0 Å². The number of aromatic nitrogens is 4. The lowest BCUT2D eigenvalue weighted by atomic mass is 10.2. The molecule has 0 aliphatic carbocycles. The van der Waals surface area contributed by atoms with Gasteiger partial charge in [0.2, 0.25) is 0 Å². The molecule has 0 atom stereocenters. The minimum Gasteiger partial charge on any atom is -0.306 e. The molecule has 28 heavy (non-hydrogen) atoms. The number of nitrogens with one attached hydrogen (secondary N) is 3. The maximum absolute atomic E-state index is 12.9. The van der Waals surface area contributed by atoms with Crippen molar-refractivity contribution in [2.75, 3.05) is 0 Å². The molecule has 4 rings (SSSR count). The maximum Gasteiger partial charge on any atom is 0.323 e. The van der Waals surface area contributed by atoms with Gasteiger partial charge in [-0.05, 0) is 37.3 Å². The molecule has 7 nitrogen and oxygen atoms in total. The Morgan fingerprint density at radius 1 is 1.00 bits per heavy atom. The Morgan fingerprint density at radius 3 is 2.39 bits per heavy atom. The molecular formula is C18H12Cl3N5O2. The van der Waals surface area contributed by atoms with Crippen LogP contribution in [0, 0.1) is 6.92 Å². The van der Waals surface area contributed by atoms with Crippen LogP contribution < -0.4 is 11.2 Å². The molecule has 0 saturated heterocycles. The number of H-pyrrole nitrogens is 3. The van der Waals surface area contributed by atoms with Gasteiger partial charge in [0.05, 0.1) is 32.3 Å². The van der Waals surface area contributed by atoms with Crippen molar-refractivity contribution in [3.8, 4) is 5.69 Å². The Bertz CT molecular complexity index is 1340. The number of rotatable bonds is 3. The molecule has 142 valence electrons. The molecular weight excluding hydrogens is 425 g/mol. The van der Waals surface area contributed by atoms with Gasteiger partial charge in [-0.25, -0.2) is 9.48 Å². The van der Waals surface area contributed by atoms with Crippen molar-refractivity contribution in [2.45, 2.75) is 6.92 Å². The van der Waals surface area contributed by atoms with Crippen molar-refractivity contribution in [1.29, 1.82) is 0 Å². The first-order valence-electron chi connectivity index (χ1n) is 8.06. The van der Waals surface area contributed by atoms with Gasteiger partial charge < -0.3 is 9.97 Å². The number of nitrogens with zero attached hydrogens (tertiary/aromatic N) is 2. The number of fused-ring (bicyclic) bond motifs is 1. The van der Waals surface area contributed by atoms with Crippen LogP contribution in [0.25, 0.3) is 16.7 Å². The maximum atomic E-state index is 12.9. The standard InChI is InChI=1S/C18H12Cl3N5O2/c1-8-11(7-22-10-2-3-14-15(6-10)24-18(28)23-14)17(27)26(25-8)16-12(20)4-9(19)5-13(16)21/h2-7,25H,1H3,(H2,23,24,28). The third-order valence-electron chi connectivity index (χ3n) is 4.16. The Kier molecular flexibility index (Phi) is 4.66.